The van der Waals surface area contributed by atoms with Gasteiger partial charge >= 0.3 is 0 Å². The minimum absolute atomic E-state index is 0.0944. The number of anilines is 5. The van der Waals surface area contributed by atoms with Crippen molar-refractivity contribution in [1.29, 1.82) is 0 Å². The Labute approximate surface area is 369 Å². The summed E-state index contributed by atoms with van der Waals surface area (Å²) in [5, 5.41) is 8.66. The van der Waals surface area contributed by atoms with Crippen LogP contribution in [0.25, 0.3) is 22.2 Å². The third-order valence-corrected chi connectivity index (χ3v) is 11.7. The van der Waals surface area contributed by atoms with E-state index in [0.717, 1.165) is 96.1 Å². The van der Waals surface area contributed by atoms with Gasteiger partial charge in [0.05, 0.1) is 21.6 Å². The Bertz CT molecular complexity index is 2650. The van der Waals surface area contributed by atoms with Gasteiger partial charge in [-0.15, -0.1) is 0 Å². The van der Waals surface area contributed by atoms with Crippen LogP contribution >= 0.6 is 34.8 Å². The summed E-state index contributed by atoms with van der Waals surface area (Å²) in [6, 6.07) is 35.4. The Kier molecular flexibility index (Phi) is 12.3. The van der Waals surface area contributed by atoms with E-state index in [2.05, 4.69) is 36.4 Å². The number of carbonyl (C=O) groups is 1. The summed E-state index contributed by atoms with van der Waals surface area (Å²) >= 11 is 18.4. The molecule has 3 aliphatic rings. The number of halogens is 3. The fourth-order valence-electron chi connectivity index (χ4n) is 7.54. The Morgan fingerprint density at radius 2 is 1.28 bits per heavy atom. The zero-order valence-corrected chi connectivity index (χ0v) is 35.7. The molecule has 1 amide bonds. The Balaban J connectivity index is 0.000000156. The van der Waals surface area contributed by atoms with Gasteiger partial charge in [0, 0.05) is 86.9 Å². The molecule has 0 bridgehead atoms. The van der Waals surface area contributed by atoms with Crippen LogP contribution in [-0.2, 0) is 6.54 Å². The first-order valence-corrected chi connectivity index (χ1v) is 21.7. The number of amides is 1. The molecule has 12 nitrogen and oxygen atoms in total. The van der Waals surface area contributed by atoms with Crippen LogP contribution in [0.3, 0.4) is 0 Å². The SMILES string of the molecule is Clc1cccc(CN2CCN(c3nc4cccnc4nc3Nc3ccccc3)CC2)c1.O=C(c1cc(Cl)ccc1Cl)N1CCN(c2nc3ccccc3nc2NC2CC2)CC1. The van der Waals surface area contributed by atoms with Gasteiger partial charge in [-0.1, -0.05) is 77.3 Å². The van der Waals surface area contributed by atoms with Gasteiger partial charge in [-0.2, -0.15) is 0 Å². The van der Waals surface area contributed by atoms with Crippen LogP contribution in [0.1, 0.15) is 28.8 Å². The minimum atomic E-state index is -0.0944. The van der Waals surface area contributed by atoms with Crippen LogP contribution in [0.2, 0.25) is 15.1 Å². The van der Waals surface area contributed by atoms with Crippen molar-refractivity contribution in [3.63, 3.8) is 0 Å². The van der Waals surface area contributed by atoms with Crippen LogP contribution in [0, 0.1) is 0 Å². The maximum absolute atomic E-state index is 12.9. The second-order valence-corrected chi connectivity index (χ2v) is 16.6. The van der Waals surface area contributed by atoms with Gasteiger partial charge in [0.15, 0.2) is 28.9 Å². The number of hydrogen-bond donors (Lipinski definition) is 2. The van der Waals surface area contributed by atoms with Crippen molar-refractivity contribution in [2.75, 3.05) is 72.8 Å². The molecule has 10 rings (SSSR count). The van der Waals surface area contributed by atoms with Crippen molar-refractivity contribution < 1.29 is 4.79 Å². The molecule has 61 heavy (non-hydrogen) atoms. The van der Waals surface area contributed by atoms with Gasteiger partial charge in [-0.3, -0.25) is 9.69 Å². The van der Waals surface area contributed by atoms with Crippen molar-refractivity contribution in [3.8, 4) is 0 Å². The average molecular weight is 873 g/mol. The van der Waals surface area contributed by atoms with Crippen molar-refractivity contribution in [3.05, 3.63) is 142 Å². The van der Waals surface area contributed by atoms with Gasteiger partial charge < -0.3 is 25.3 Å². The average Bonchev–Trinajstić information content (AvgIpc) is 4.12. The third kappa shape index (κ3) is 9.89. The molecule has 1 aliphatic carbocycles. The summed E-state index contributed by atoms with van der Waals surface area (Å²) in [6.07, 6.45) is 4.07. The van der Waals surface area contributed by atoms with E-state index in [1.807, 2.05) is 89.8 Å². The molecule has 1 saturated carbocycles. The summed E-state index contributed by atoms with van der Waals surface area (Å²) in [4.78, 5) is 45.5. The molecule has 2 N–H and O–H groups in total. The standard InChI is InChI=1S/C24H23ClN6.C22H21Cl2N5O/c25-19-7-4-6-18(16-19)17-30-12-14-31(15-13-30)24-23(27-20-8-2-1-3-9-20)29-22-21(28-24)10-5-11-26-22;23-14-5-8-17(24)16(13-14)22(30)29-11-9-28(10-12-29)21-20(25-15-6-7-15)26-18-3-1-2-4-19(18)27-21/h1-11,16H,12-15,17H2,(H,26,27,29);1-5,8,13,15H,6-7,9-12H2,(H,25,26). The number of hydrogen-bond acceptors (Lipinski definition) is 11. The van der Waals surface area contributed by atoms with Gasteiger partial charge in [0.2, 0.25) is 0 Å². The molecule has 4 aromatic carbocycles. The maximum Gasteiger partial charge on any atom is 0.255 e. The van der Waals surface area contributed by atoms with Crippen LogP contribution in [0.4, 0.5) is 29.0 Å². The van der Waals surface area contributed by atoms with Gasteiger partial charge in [0.25, 0.3) is 5.91 Å². The molecule has 0 radical (unpaired) electrons. The number of para-hydroxylation sites is 3. The molecule has 310 valence electrons. The highest BCUT2D eigenvalue weighted by Gasteiger charge is 2.29. The Morgan fingerprint density at radius 1 is 0.623 bits per heavy atom. The minimum Gasteiger partial charge on any atom is -0.364 e. The van der Waals surface area contributed by atoms with Crippen LogP contribution < -0.4 is 20.4 Å². The fourth-order valence-corrected chi connectivity index (χ4v) is 8.12. The summed E-state index contributed by atoms with van der Waals surface area (Å²) in [6.45, 7) is 7.07. The Morgan fingerprint density at radius 3 is 2.02 bits per heavy atom. The molecule has 0 spiro atoms. The first kappa shape index (κ1) is 40.6. The predicted octanol–water partition coefficient (Wildman–Crippen LogP) is 9.22. The zero-order chi connectivity index (χ0) is 41.7. The molecule has 2 saturated heterocycles. The number of fused-ring (bicyclic) bond motifs is 2. The highest BCUT2D eigenvalue weighted by atomic mass is 35.5. The van der Waals surface area contributed by atoms with Crippen LogP contribution in [0.5, 0.6) is 0 Å². The second kappa shape index (κ2) is 18.4. The van der Waals surface area contributed by atoms with E-state index < -0.39 is 0 Å². The lowest BCUT2D eigenvalue weighted by molar-refractivity contribution is 0.0746. The van der Waals surface area contributed by atoms with Gasteiger partial charge in [0.1, 0.15) is 5.52 Å². The number of pyridine rings is 1. The van der Waals surface area contributed by atoms with Crippen molar-refractivity contribution >= 4 is 91.9 Å². The highest BCUT2D eigenvalue weighted by molar-refractivity contribution is 6.35. The summed E-state index contributed by atoms with van der Waals surface area (Å²) in [7, 11) is 0. The molecule has 5 heterocycles. The Hall–Kier alpha value is -5.79. The first-order chi connectivity index (χ1) is 29.8. The molecule has 0 atom stereocenters. The largest absolute Gasteiger partial charge is 0.364 e. The smallest absolute Gasteiger partial charge is 0.255 e. The number of nitrogens with zero attached hydrogens (tertiary/aromatic N) is 9. The molecule has 2 aliphatic heterocycles. The number of aromatic nitrogens is 5. The summed E-state index contributed by atoms with van der Waals surface area (Å²) < 4.78 is 0. The molecular formula is C46H44Cl3N11O. The van der Waals surface area contributed by atoms with Crippen molar-refractivity contribution in [1.82, 2.24) is 34.7 Å². The molecule has 0 unspecified atom stereocenters. The fraction of sp³-hybridized carbons (Fsp3) is 0.261. The zero-order valence-electron chi connectivity index (χ0n) is 33.4. The van der Waals surface area contributed by atoms with E-state index in [9.17, 15) is 4.79 Å². The van der Waals surface area contributed by atoms with E-state index in [0.29, 0.717) is 53.5 Å². The predicted molar refractivity (Wildman–Crippen MR) is 247 cm³/mol. The van der Waals surface area contributed by atoms with Crippen LogP contribution in [0.15, 0.2) is 115 Å². The van der Waals surface area contributed by atoms with E-state index in [1.165, 1.54) is 5.56 Å². The van der Waals surface area contributed by atoms with Crippen molar-refractivity contribution in [2.24, 2.45) is 0 Å². The van der Waals surface area contributed by atoms with E-state index in [-0.39, 0.29) is 5.91 Å². The maximum atomic E-state index is 12.9. The van der Waals surface area contributed by atoms with Gasteiger partial charge in [-0.25, -0.2) is 24.9 Å². The first-order valence-electron chi connectivity index (χ1n) is 20.5. The molecule has 7 aromatic rings. The number of carbonyl (C=O) groups excluding carboxylic acids is 1. The summed E-state index contributed by atoms with van der Waals surface area (Å²) in [5.41, 5.74) is 5.87. The third-order valence-electron chi connectivity index (χ3n) is 10.9. The van der Waals surface area contributed by atoms with E-state index in [4.69, 9.17) is 54.7 Å². The molecule has 3 fully saturated rings. The lowest BCUT2D eigenvalue weighted by atomic mass is 10.1. The molecule has 15 heteroatoms. The number of nitrogens with one attached hydrogen (secondary N) is 2. The quantitative estimate of drug-likeness (QED) is 0.145. The lowest BCUT2D eigenvalue weighted by Crippen LogP contribution is -2.49. The van der Waals surface area contributed by atoms with Gasteiger partial charge in [-0.05, 0) is 85.1 Å². The van der Waals surface area contributed by atoms with E-state index in [1.54, 1.807) is 24.4 Å². The topological polar surface area (TPSA) is 119 Å². The monoisotopic (exact) mass is 871 g/mol. The second-order valence-electron chi connectivity index (χ2n) is 15.3. The van der Waals surface area contributed by atoms with E-state index >= 15 is 0 Å². The normalized spacial score (nSPS) is 15.7. The molecule has 3 aromatic heterocycles. The number of piperazine rings is 2. The van der Waals surface area contributed by atoms with Crippen LogP contribution in [-0.4, -0.2) is 99.0 Å². The number of rotatable bonds is 9. The number of benzene rings is 4. The van der Waals surface area contributed by atoms with Crippen molar-refractivity contribution in [2.45, 2.75) is 25.4 Å². The lowest BCUT2D eigenvalue weighted by Gasteiger charge is -2.36. The summed E-state index contributed by atoms with van der Waals surface area (Å²) in [5.74, 6) is 3.19. The molecular weight excluding hydrogens is 829 g/mol. The highest BCUT2D eigenvalue weighted by Crippen LogP contribution is 2.32.